The Morgan fingerprint density at radius 1 is 0.485 bits per heavy atom. The van der Waals surface area contributed by atoms with E-state index in [2.05, 4.69) is 132 Å². The van der Waals surface area contributed by atoms with Crippen LogP contribution in [0.2, 0.25) is 0 Å². The molecule has 0 saturated heterocycles. The highest BCUT2D eigenvalue weighted by atomic mass is 19.3. The average molecular weight is 1820 g/mol. The molecule has 4 aromatic carbocycles. The normalized spacial score (nSPS) is 23.2. The molecule has 714 valence electrons. The summed E-state index contributed by atoms with van der Waals surface area (Å²) in [6, 6.07) is 30.6. The molecule has 10 atom stereocenters. The Morgan fingerprint density at radius 3 is 1.54 bits per heavy atom. The number of benzene rings is 4. The molecule has 0 radical (unpaired) electrons. The van der Waals surface area contributed by atoms with Crippen LogP contribution in [0.3, 0.4) is 0 Å². The van der Waals surface area contributed by atoms with Gasteiger partial charge in [0.25, 0.3) is 6.47 Å². The number of ketones is 4. The van der Waals surface area contributed by atoms with E-state index in [1.165, 1.54) is 84.1 Å². The number of hydrogen-bond acceptors (Lipinski definition) is 11. The molecule has 12 nitrogen and oxygen atoms in total. The zero-order valence-electron chi connectivity index (χ0n) is 80.2. The number of rotatable bonds is 24. The Morgan fingerprint density at radius 2 is 0.970 bits per heavy atom. The van der Waals surface area contributed by atoms with Crippen molar-refractivity contribution in [3.63, 3.8) is 0 Å². The predicted molar refractivity (Wildman–Crippen MR) is 517 cm³/mol. The maximum Gasteiger partial charge on any atom is 0.311 e. The highest BCUT2D eigenvalue weighted by molar-refractivity contribution is 5.94. The number of aliphatic hydroxyl groups is 1. The summed E-state index contributed by atoms with van der Waals surface area (Å²) in [5.41, 5.74) is 4.80. The minimum absolute atomic E-state index is 0.0100. The molecule has 1 N–H and O–H groups in total. The number of aliphatic hydroxyl groups excluding tert-OH is 1. The Labute approximate surface area is 787 Å². The first-order valence-corrected chi connectivity index (χ1v) is 48.2. The molecule has 12 rings (SSSR count). The van der Waals surface area contributed by atoms with Crippen LogP contribution in [0.15, 0.2) is 104 Å². The van der Waals surface area contributed by atoms with Crippen molar-refractivity contribution >= 4 is 41.3 Å². The second kappa shape index (κ2) is 64.0. The van der Waals surface area contributed by atoms with E-state index in [0.717, 1.165) is 156 Å². The van der Waals surface area contributed by atoms with Crippen LogP contribution >= 0.6 is 0 Å². The van der Waals surface area contributed by atoms with Gasteiger partial charge in [0.2, 0.25) is 5.91 Å². The van der Waals surface area contributed by atoms with Crippen LogP contribution in [-0.2, 0) is 64.0 Å². The van der Waals surface area contributed by atoms with Crippen LogP contribution in [-0.4, -0.2) is 114 Å². The number of carbonyl (C=O) groups excluding carboxylic acids is 6. The fraction of sp³-hybridized carbons (Fsp3) is 0.579. The highest BCUT2D eigenvalue weighted by Gasteiger charge is 2.39. The lowest BCUT2D eigenvalue weighted by Gasteiger charge is -2.28. The summed E-state index contributed by atoms with van der Waals surface area (Å²) in [7, 11) is 0. The summed E-state index contributed by atoms with van der Waals surface area (Å²) < 4.78 is 103. The van der Waals surface area contributed by atoms with Crippen LogP contribution in [0.4, 0.5) is 26.3 Å². The zero-order chi connectivity index (χ0) is 96.3. The van der Waals surface area contributed by atoms with Crippen molar-refractivity contribution in [2.45, 2.75) is 367 Å². The summed E-state index contributed by atoms with van der Waals surface area (Å²) in [4.78, 5) is 67.8. The first kappa shape index (κ1) is 112. The molecule has 18 heteroatoms. The number of carbonyl (C=O) groups is 6. The molecule has 1 aliphatic heterocycles. The van der Waals surface area contributed by atoms with Gasteiger partial charge in [-0.1, -0.05) is 234 Å². The molecule has 0 saturated carbocycles. The van der Waals surface area contributed by atoms with E-state index in [4.69, 9.17) is 14.2 Å². The standard InChI is InChI=1S/C17H19FO.C17H20O2.C17H20O.C16H18F2.C15H23NO2.C11H15FO3.C11H16O2.C10H14F2/c1-14(19)16-9-7-15(8-10-16)13-17(18)11-5-3-2-4-6-12-17;1-14(18)16-11-9-15(10-12-16)13-19-17-7-5-3-2-4-6-8-17;1-14(18)17-11-9-16(10-12-17)13-15-7-5-3-2-4-6-8-15;1-13-7-9-14(10-8-13)12-15-6-4-2-3-5-11-16(15,17)18;1-12-7-4-5-10-16(11-13(12)2)15(18)9-6-8-14(3)17;1-11(12)6-3-2-4-10(5-7-11)15-9-14-8-13;1-10(12)9-13-11-7-5-3-2-4-6-8-11;1-2-9-7-5-3-4-6-8-10(9,11)12/h7-10H,2-5,11,13H2,1H3;9-12,17-18H,1-5,7,13H2;9-12,15H,2-5,7,13H2,1H3;7-10,15H,2-4,6,12H2,1H3;12-13H,5-6,8-11H2,1-3H3;8,10H,2,4-5,7,9H2,1H3;11H,2-5,7,9H2,1H3;9H,2-5,7H2,1H3/t;;;;12-,13-;;;/m....0.../s1. The van der Waals surface area contributed by atoms with Crippen LogP contribution in [0, 0.1) is 131 Å². The molecule has 8 unspecified atom stereocenters. The van der Waals surface area contributed by atoms with Gasteiger partial charge in [-0.15, -0.1) is 23.7 Å². The van der Waals surface area contributed by atoms with Crippen molar-refractivity contribution in [2.24, 2.45) is 29.6 Å². The lowest BCUT2D eigenvalue weighted by molar-refractivity contribution is -0.146. The van der Waals surface area contributed by atoms with Gasteiger partial charge in [-0.25, -0.2) is 8.78 Å². The van der Waals surface area contributed by atoms with Crippen LogP contribution in [0.1, 0.15) is 347 Å². The van der Waals surface area contributed by atoms with Gasteiger partial charge in [0, 0.05) is 124 Å². The molecule has 4 aromatic rings. The van der Waals surface area contributed by atoms with Gasteiger partial charge < -0.3 is 33.7 Å². The van der Waals surface area contributed by atoms with Gasteiger partial charge in [0.1, 0.15) is 30.4 Å². The molecule has 1 heterocycles. The number of Topliss-reactive ketones (excluding diaryl/α,β-unsaturated/α-hetero) is 4. The number of hydrogen-bond donors (Lipinski definition) is 1. The summed E-state index contributed by atoms with van der Waals surface area (Å²) in [5, 5.41) is 9.26. The number of amides is 1. The predicted octanol–water partition coefficient (Wildman–Crippen LogP) is 25.8. The monoisotopic (exact) mass is 1820 g/mol. The third kappa shape index (κ3) is 49.6. The maximum atomic E-state index is 14.7. The van der Waals surface area contributed by atoms with Crippen molar-refractivity contribution in [1.29, 1.82) is 0 Å². The van der Waals surface area contributed by atoms with Gasteiger partial charge in [0.05, 0.1) is 12.7 Å². The van der Waals surface area contributed by atoms with Gasteiger partial charge in [-0.3, -0.25) is 24.0 Å². The summed E-state index contributed by atoms with van der Waals surface area (Å²) in [6.45, 7) is 21.8. The lowest BCUT2D eigenvalue weighted by atomic mass is 9.87. The molecular formula is C114H145F6NO11. The highest BCUT2D eigenvalue weighted by Crippen LogP contribution is 2.35. The third-order valence-electron chi connectivity index (χ3n) is 23.9. The van der Waals surface area contributed by atoms with E-state index < -0.39 is 35.0 Å². The number of halogens is 6. The summed E-state index contributed by atoms with van der Waals surface area (Å²) in [5.74, 6) is 41.2. The number of nitrogens with zero attached hydrogens (tertiary/aromatic N) is 1. The first-order chi connectivity index (χ1) is 63.3. The Balaban J connectivity index is 0.000000268. The summed E-state index contributed by atoms with van der Waals surface area (Å²) in [6.07, 6.45) is 34.8. The topological polar surface area (TPSA) is 163 Å². The van der Waals surface area contributed by atoms with Crippen molar-refractivity contribution in [3.05, 3.63) is 148 Å². The van der Waals surface area contributed by atoms with Crippen LogP contribution in [0.5, 0.6) is 0 Å². The lowest BCUT2D eigenvalue weighted by Crippen LogP contribution is -2.37. The molecule has 0 bridgehead atoms. The van der Waals surface area contributed by atoms with Crippen LogP contribution in [0.25, 0.3) is 5.76 Å². The van der Waals surface area contributed by atoms with Crippen molar-refractivity contribution in [2.75, 3.05) is 26.5 Å². The molecule has 132 heavy (non-hydrogen) atoms. The van der Waals surface area contributed by atoms with Gasteiger partial charge >= 0.3 is 11.8 Å². The van der Waals surface area contributed by atoms with Gasteiger partial charge in [0.15, 0.2) is 35.5 Å². The number of aryl methyl sites for hydroxylation is 1. The second-order valence-electron chi connectivity index (χ2n) is 35.9. The average Bonchev–Trinajstić information content (AvgIpc) is 0.843. The molecule has 0 fully saturated rings. The third-order valence-corrected chi connectivity index (χ3v) is 23.9. The fourth-order valence-corrected chi connectivity index (χ4v) is 15.5. The Hall–Kier alpha value is -10.0. The van der Waals surface area contributed by atoms with E-state index >= 15 is 0 Å². The zero-order valence-corrected chi connectivity index (χ0v) is 80.2. The SMILES string of the molecule is C=C(O)c1ccc(COC2C#CCCCCC2)cc1.CC(=O)CCCC(=O)N1CCC#C[C@H](C)[C@@H](C)C1.CC(=O)COC1C#CCCCCC1.CC(=O)c1ccc(CC2(F)C#CCCCCC2)cc1.CC(=O)c1ccc(CC2C#CCCCCC2)cc1.CC1(F)C#CCCC(OCOC=O)CC1.CCC1CCCCC#CC1(F)F.Cc1ccc(CC2CCCCC#CC2(F)F)cc1. The number of ether oxygens (including phenoxy) is 4. The van der Waals surface area contributed by atoms with Gasteiger partial charge in [-0.05, 0) is 223 Å². The molecular weight excluding hydrogens is 1670 g/mol. The second-order valence-corrected chi connectivity index (χ2v) is 35.9. The minimum atomic E-state index is -2.84. The van der Waals surface area contributed by atoms with Gasteiger partial charge in [-0.2, -0.15) is 17.6 Å². The van der Waals surface area contributed by atoms with Crippen molar-refractivity contribution in [1.82, 2.24) is 4.90 Å². The first-order valence-electron chi connectivity index (χ1n) is 48.2. The fourth-order valence-electron chi connectivity index (χ4n) is 15.5. The maximum absolute atomic E-state index is 14.7. The van der Waals surface area contributed by atoms with E-state index in [0.29, 0.717) is 126 Å². The Kier molecular flexibility index (Phi) is 54.5. The smallest absolute Gasteiger partial charge is 0.311 e. The number of alkyl halides is 6. The quantitative estimate of drug-likeness (QED) is 0.0135. The van der Waals surface area contributed by atoms with Crippen LogP contribution < -0.4 is 0 Å². The largest absolute Gasteiger partial charge is 0.508 e. The molecule has 0 aromatic heterocycles. The van der Waals surface area contributed by atoms with E-state index in [9.17, 15) is 60.2 Å². The van der Waals surface area contributed by atoms with Crippen molar-refractivity contribution in [3.8, 4) is 94.7 Å². The molecule has 8 aliphatic rings. The minimum Gasteiger partial charge on any atom is -0.508 e. The van der Waals surface area contributed by atoms with E-state index in [1.807, 2.05) is 91.5 Å². The molecule has 0 spiro atoms. The Bertz CT molecular complexity index is 4710. The summed E-state index contributed by atoms with van der Waals surface area (Å²) >= 11 is 0. The molecule has 7 aliphatic carbocycles. The van der Waals surface area contributed by atoms with E-state index in [-0.39, 0.29) is 66.5 Å². The van der Waals surface area contributed by atoms with E-state index in [1.54, 1.807) is 26.0 Å². The van der Waals surface area contributed by atoms with Crippen molar-refractivity contribution < 1.29 is 79.2 Å². The molecule has 1 amide bonds.